The van der Waals surface area contributed by atoms with Crippen LogP contribution in [0.4, 0.5) is 0 Å². The van der Waals surface area contributed by atoms with Gasteiger partial charge in [0.1, 0.15) is 12.2 Å². The predicted octanol–water partition coefficient (Wildman–Crippen LogP) is 2.00. The average Bonchev–Trinajstić information content (AvgIpc) is 2.52. The summed E-state index contributed by atoms with van der Waals surface area (Å²) in [5.41, 5.74) is 1.04. The Kier molecular flexibility index (Phi) is 8.04. The highest BCUT2D eigenvalue weighted by Crippen LogP contribution is 2.17. The molecule has 5 heteroatoms. The van der Waals surface area contributed by atoms with Gasteiger partial charge in [0.25, 0.3) is 0 Å². The van der Waals surface area contributed by atoms with Crippen molar-refractivity contribution in [2.24, 2.45) is 0 Å². The van der Waals surface area contributed by atoms with Crippen molar-refractivity contribution in [2.45, 2.75) is 32.6 Å². The number of ether oxygens (including phenoxy) is 1. The first-order valence-corrected chi connectivity index (χ1v) is 7.71. The summed E-state index contributed by atoms with van der Waals surface area (Å²) in [6.07, 6.45) is 2.57. The number of hydrogen-bond donors (Lipinski definition) is 1. The zero-order valence-electron chi connectivity index (χ0n) is 13.7. The first kappa shape index (κ1) is 18.0. The molecule has 1 N–H and O–H groups in total. The minimum absolute atomic E-state index is 0.0911. The molecule has 1 rings (SSSR count). The number of carbonyl (C=O) groups is 2. The van der Waals surface area contributed by atoms with Gasteiger partial charge in [-0.05, 0) is 24.5 Å². The fraction of sp³-hybridized carbons (Fsp3) is 0.529. The quantitative estimate of drug-likeness (QED) is 0.710. The van der Waals surface area contributed by atoms with E-state index in [0.29, 0.717) is 19.5 Å². The predicted molar refractivity (Wildman–Crippen MR) is 86.9 cm³/mol. The molecular formula is C17H26N2O3. The monoisotopic (exact) mass is 306 g/mol. The molecule has 1 aromatic rings. The molecular weight excluding hydrogens is 280 g/mol. The van der Waals surface area contributed by atoms with E-state index in [4.69, 9.17) is 4.74 Å². The molecule has 0 aliphatic heterocycles. The van der Waals surface area contributed by atoms with Gasteiger partial charge in [-0.2, -0.15) is 0 Å². The van der Waals surface area contributed by atoms with Crippen LogP contribution in [0.15, 0.2) is 24.3 Å². The number of hydrogen-bond acceptors (Lipinski definition) is 3. The van der Waals surface area contributed by atoms with Crippen LogP contribution < -0.4 is 10.1 Å². The van der Waals surface area contributed by atoms with Crippen molar-refractivity contribution < 1.29 is 14.3 Å². The molecule has 0 saturated heterocycles. The molecule has 22 heavy (non-hydrogen) atoms. The lowest BCUT2D eigenvalue weighted by atomic mass is 10.1. The molecule has 0 aliphatic carbocycles. The topological polar surface area (TPSA) is 58.6 Å². The molecule has 0 aliphatic rings. The number of benzene rings is 1. The second-order valence-corrected chi connectivity index (χ2v) is 5.26. The lowest BCUT2D eigenvalue weighted by Crippen LogP contribution is -2.34. The third kappa shape index (κ3) is 6.16. The van der Waals surface area contributed by atoms with E-state index in [-0.39, 0.29) is 18.2 Å². The Hall–Kier alpha value is -2.04. The number of nitrogens with one attached hydrogen (secondary N) is 1. The van der Waals surface area contributed by atoms with Crippen molar-refractivity contribution in [3.63, 3.8) is 0 Å². The Balaban J connectivity index is 2.32. The van der Waals surface area contributed by atoms with Crippen LogP contribution in [0.2, 0.25) is 0 Å². The largest absolute Gasteiger partial charge is 0.496 e. The first-order chi connectivity index (χ1) is 10.6. The van der Waals surface area contributed by atoms with Crippen LogP contribution in [0.3, 0.4) is 0 Å². The van der Waals surface area contributed by atoms with Gasteiger partial charge >= 0.3 is 0 Å². The van der Waals surface area contributed by atoms with Gasteiger partial charge in [0, 0.05) is 20.1 Å². The first-order valence-electron chi connectivity index (χ1n) is 7.71. The number of nitrogens with zero attached hydrogens (tertiary/aromatic N) is 1. The molecule has 0 aromatic heterocycles. The molecule has 0 bridgehead atoms. The third-order valence-corrected chi connectivity index (χ3v) is 3.49. The van der Waals surface area contributed by atoms with E-state index in [2.05, 4.69) is 12.2 Å². The molecule has 5 nitrogen and oxygen atoms in total. The van der Waals surface area contributed by atoms with Crippen LogP contribution in [0.5, 0.6) is 5.75 Å². The van der Waals surface area contributed by atoms with E-state index < -0.39 is 0 Å². The summed E-state index contributed by atoms with van der Waals surface area (Å²) in [7, 11) is 3.36. The van der Waals surface area contributed by atoms with Gasteiger partial charge in [0.15, 0.2) is 0 Å². The second-order valence-electron chi connectivity index (χ2n) is 5.26. The second kappa shape index (κ2) is 9.82. The molecule has 0 spiro atoms. The fourth-order valence-corrected chi connectivity index (χ4v) is 2.10. The normalized spacial score (nSPS) is 10.1. The standard InChI is InChI=1S/C17H26N2O3/c1-4-5-12-19(2)17(21)13-16(20)18-11-10-14-8-6-7-9-15(14)22-3/h6-9H,4-5,10-13H2,1-3H3,(H,18,20). The maximum absolute atomic E-state index is 11.8. The maximum atomic E-state index is 11.8. The maximum Gasteiger partial charge on any atom is 0.231 e. The highest BCUT2D eigenvalue weighted by molar-refractivity contribution is 5.96. The fourth-order valence-electron chi connectivity index (χ4n) is 2.10. The van der Waals surface area contributed by atoms with Crippen molar-refractivity contribution in [1.29, 1.82) is 0 Å². The molecule has 2 amide bonds. The summed E-state index contributed by atoms with van der Waals surface area (Å²) >= 11 is 0. The van der Waals surface area contributed by atoms with Gasteiger partial charge in [0.2, 0.25) is 11.8 Å². The molecule has 0 saturated carbocycles. The van der Waals surface area contributed by atoms with Crippen molar-refractivity contribution in [2.75, 3.05) is 27.2 Å². The highest BCUT2D eigenvalue weighted by Gasteiger charge is 2.13. The Morgan fingerprint density at radius 2 is 2.00 bits per heavy atom. The van der Waals surface area contributed by atoms with Crippen LogP contribution in [0, 0.1) is 0 Å². The van der Waals surface area contributed by atoms with Crippen LogP contribution in [-0.2, 0) is 16.0 Å². The van der Waals surface area contributed by atoms with E-state index >= 15 is 0 Å². The van der Waals surface area contributed by atoms with Crippen LogP contribution in [0.1, 0.15) is 31.7 Å². The molecule has 0 radical (unpaired) electrons. The number of methoxy groups -OCH3 is 1. The van der Waals surface area contributed by atoms with Gasteiger partial charge in [-0.1, -0.05) is 31.5 Å². The van der Waals surface area contributed by atoms with Crippen molar-refractivity contribution in [3.05, 3.63) is 29.8 Å². The van der Waals surface area contributed by atoms with Crippen LogP contribution in [0.25, 0.3) is 0 Å². The Morgan fingerprint density at radius 1 is 1.27 bits per heavy atom. The number of rotatable bonds is 9. The zero-order chi connectivity index (χ0) is 16.4. The van der Waals surface area contributed by atoms with Crippen molar-refractivity contribution >= 4 is 11.8 Å². The molecule has 0 heterocycles. The molecule has 122 valence electrons. The van der Waals surface area contributed by atoms with Crippen LogP contribution >= 0.6 is 0 Å². The van der Waals surface area contributed by atoms with Gasteiger partial charge in [-0.15, -0.1) is 0 Å². The molecule has 0 atom stereocenters. The van der Waals surface area contributed by atoms with E-state index in [9.17, 15) is 9.59 Å². The number of carbonyl (C=O) groups excluding carboxylic acids is 2. The lowest BCUT2D eigenvalue weighted by molar-refractivity contribution is -0.135. The smallest absolute Gasteiger partial charge is 0.231 e. The van der Waals surface area contributed by atoms with E-state index in [1.807, 2.05) is 24.3 Å². The van der Waals surface area contributed by atoms with Crippen LogP contribution in [-0.4, -0.2) is 44.0 Å². The number of para-hydroxylation sites is 1. The molecule has 0 unspecified atom stereocenters. The molecule has 0 fully saturated rings. The zero-order valence-corrected chi connectivity index (χ0v) is 13.7. The average molecular weight is 306 g/mol. The van der Waals surface area contributed by atoms with Crippen molar-refractivity contribution in [1.82, 2.24) is 10.2 Å². The lowest BCUT2D eigenvalue weighted by Gasteiger charge is -2.16. The Labute approximate surface area is 132 Å². The summed E-state index contributed by atoms with van der Waals surface area (Å²) in [4.78, 5) is 25.2. The van der Waals surface area contributed by atoms with E-state index in [0.717, 1.165) is 24.2 Å². The Bertz CT molecular complexity index is 489. The highest BCUT2D eigenvalue weighted by atomic mass is 16.5. The summed E-state index contributed by atoms with van der Waals surface area (Å²) in [5.74, 6) is 0.443. The minimum Gasteiger partial charge on any atom is -0.496 e. The summed E-state index contributed by atoms with van der Waals surface area (Å²) in [6, 6.07) is 7.70. The molecule has 1 aromatic carbocycles. The van der Waals surface area contributed by atoms with E-state index in [1.165, 1.54) is 0 Å². The van der Waals surface area contributed by atoms with Gasteiger partial charge < -0.3 is 15.0 Å². The van der Waals surface area contributed by atoms with Crippen molar-refractivity contribution in [3.8, 4) is 5.75 Å². The third-order valence-electron chi connectivity index (χ3n) is 3.49. The SMILES string of the molecule is CCCCN(C)C(=O)CC(=O)NCCc1ccccc1OC. The number of amides is 2. The summed E-state index contributed by atoms with van der Waals surface area (Å²) in [5, 5.41) is 2.78. The summed E-state index contributed by atoms with van der Waals surface area (Å²) in [6.45, 7) is 3.26. The van der Waals surface area contributed by atoms with E-state index in [1.54, 1.807) is 19.1 Å². The minimum atomic E-state index is -0.233. The van der Waals surface area contributed by atoms with Gasteiger partial charge in [-0.25, -0.2) is 0 Å². The summed E-state index contributed by atoms with van der Waals surface area (Å²) < 4.78 is 5.26. The van der Waals surface area contributed by atoms with Gasteiger partial charge in [0.05, 0.1) is 7.11 Å². The number of unbranched alkanes of at least 4 members (excludes halogenated alkanes) is 1. The Morgan fingerprint density at radius 3 is 2.68 bits per heavy atom. The van der Waals surface area contributed by atoms with Gasteiger partial charge in [-0.3, -0.25) is 9.59 Å².